The second-order valence-electron chi connectivity index (χ2n) is 6.27. The van der Waals surface area contributed by atoms with Crippen LogP contribution in [-0.4, -0.2) is 14.5 Å². The van der Waals surface area contributed by atoms with Crippen LogP contribution in [0.15, 0.2) is 36.9 Å². The van der Waals surface area contributed by atoms with Crippen molar-refractivity contribution in [3.63, 3.8) is 0 Å². The summed E-state index contributed by atoms with van der Waals surface area (Å²) in [5.74, 6) is 1.77. The fourth-order valence-electron chi connectivity index (χ4n) is 2.95. The maximum Gasteiger partial charge on any atom is 0.139 e. The summed E-state index contributed by atoms with van der Waals surface area (Å²) in [6.07, 6.45) is 11.5. The lowest BCUT2D eigenvalue weighted by molar-refractivity contribution is 0.611. The number of hydrogen-bond acceptors (Lipinski definition) is 3. The molecule has 1 saturated carbocycles. The number of rotatable bonds is 5. The van der Waals surface area contributed by atoms with Gasteiger partial charge in [-0.3, -0.25) is 4.98 Å². The molecule has 0 amide bonds. The number of aryl methyl sites for hydroxylation is 2. The van der Waals surface area contributed by atoms with Crippen LogP contribution in [0.5, 0.6) is 0 Å². The topological polar surface area (TPSA) is 42.7 Å². The molecule has 5 heteroatoms. The number of aromatic nitrogens is 3. The van der Waals surface area contributed by atoms with Crippen molar-refractivity contribution in [2.24, 2.45) is 5.92 Å². The molecule has 3 aromatic rings. The molecule has 0 radical (unpaired) electrons. The minimum absolute atomic E-state index is 0.608. The zero-order chi connectivity index (χ0) is 15.8. The lowest BCUT2D eigenvalue weighted by Crippen LogP contribution is -2.00. The standard InChI is InChI=1S/C18H19ClN4/c1-12-10-20-11-15(19)17(12)22-18-14-6-9-23(8-5-13-2-3-13)16(14)4-7-21-18/h4,6-7,9-11,13H,2-3,5,8H2,1H3,(H,20,21,22). The SMILES string of the molecule is Cc1cncc(Cl)c1Nc1nccc2c1ccn2CCC1CC1. The summed E-state index contributed by atoms with van der Waals surface area (Å²) in [6, 6.07) is 4.20. The Kier molecular flexibility index (Phi) is 3.69. The first-order chi connectivity index (χ1) is 11.2. The van der Waals surface area contributed by atoms with Crippen LogP contribution in [-0.2, 0) is 6.54 Å². The first-order valence-corrected chi connectivity index (χ1v) is 8.41. The Bertz CT molecular complexity index is 831. The van der Waals surface area contributed by atoms with E-state index in [1.165, 1.54) is 24.8 Å². The Morgan fingerprint density at radius 1 is 1.30 bits per heavy atom. The van der Waals surface area contributed by atoms with Crippen LogP contribution >= 0.6 is 11.6 Å². The summed E-state index contributed by atoms with van der Waals surface area (Å²) in [4.78, 5) is 8.60. The summed E-state index contributed by atoms with van der Waals surface area (Å²) in [7, 11) is 0. The molecule has 3 aromatic heterocycles. The number of pyridine rings is 2. The fraction of sp³-hybridized carbons (Fsp3) is 0.333. The predicted octanol–water partition coefficient (Wildman–Crippen LogP) is 4.94. The van der Waals surface area contributed by atoms with E-state index >= 15 is 0 Å². The van der Waals surface area contributed by atoms with E-state index in [4.69, 9.17) is 11.6 Å². The van der Waals surface area contributed by atoms with E-state index in [0.717, 1.165) is 34.9 Å². The van der Waals surface area contributed by atoms with Gasteiger partial charge < -0.3 is 9.88 Å². The molecular weight excluding hydrogens is 308 g/mol. The van der Waals surface area contributed by atoms with Crippen LogP contribution in [0.1, 0.15) is 24.8 Å². The van der Waals surface area contributed by atoms with Crippen LogP contribution in [0, 0.1) is 12.8 Å². The van der Waals surface area contributed by atoms with Gasteiger partial charge in [-0.05, 0) is 37.0 Å². The Labute approximate surface area is 140 Å². The molecular formula is C18H19ClN4. The number of nitrogens with zero attached hydrogens (tertiary/aromatic N) is 3. The summed E-state index contributed by atoms with van der Waals surface area (Å²) < 4.78 is 2.32. The Morgan fingerprint density at radius 2 is 2.17 bits per heavy atom. The summed E-state index contributed by atoms with van der Waals surface area (Å²) >= 11 is 6.27. The van der Waals surface area contributed by atoms with Crippen LogP contribution in [0.25, 0.3) is 10.9 Å². The highest BCUT2D eigenvalue weighted by molar-refractivity contribution is 6.33. The van der Waals surface area contributed by atoms with Crippen LogP contribution in [0.3, 0.4) is 0 Å². The molecule has 0 atom stereocenters. The Hall–Kier alpha value is -2.07. The van der Waals surface area contributed by atoms with Crippen LogP contribution < -0.4 is 5.32 Å². The third kappa shape index (κ3) is 2.91. The lowest BCUT2D eigenvalue weighted by atomic mass is 10.2. The molecule has 4 rings (SSSR count). The smallest absolute Gasteiger partial charge is 0.139 e. The van der Waals surface area contributed by atoms with Crippen molar-refractivity contribution < 1.29 is 0 Å². The van der Waals surface area contributed by atoms with Gasteiger partial charge in [0.15, 0.2) is 0 Å². The number of hydrogen-bond donors (Lipinski definition) is 1. The van der Waals surface area contributed by atoms with E-state index in [0.29, 0.717) is 5.02 Å². The number of fused-ring (bicyclic) bond motifs is 1. The van der Waals surface area contributed by atoms with Crippen molar-refractivity contribution in [3.05, 3.63) is 47.5 Å². The third-order valence-electron chi connectivity index (χ3n) is 4.51. The average Bonchev–Trinajstić information content (AvgIpc) is 3.28. The second kappa shape index (κ2) is 5.85. The van der Waals surface area contributed by atoms with Crippen LogP contribution in [0.2, 0.25) is 5.02 Å². The molecule has 1 aliphatic carbocycles. The van der Waals surface area contributed by atoms with Crippen molar-refractivity contribution in [1.82, 2.24) is 14.5 Å². The second-order valence-corrected chi connectivity index (χ2v) is 6.68. The predicted molar refractivity (Wildman–Crippen MR) is 94.3 cm³/mol. The van der Waals surface area contributed by atoms with Gasteiger partial charge in [0.05, 0.1) is 16.2 Å². The zero-order valence-electron chi connectivity index (χ0n) is 13.1. The monoisotopic (exact) mass is 326 g/mol. The molecule has 0 spiro atoms. The molecule has 0 aliphatic heterocycles. The van der Waals surface area contributed by atoms with Gasteiger partial charge in [0.1, 0.15) is 5.82 Å². The molecule has 1 fully saturated rings. The van der Waals surface area contributed by atoms with E-state index in [1.54, 1.807) is 12.4 Å². The highest BCUT2D eigenvalue weighted by Gasteiger charge is 2.21. The summed E-state index contributed by atoms with van der Waals surface area (Å²) in [5, 5.41) is 5.11. The molecule has 0 saturated heterocycles. The van der Waals surface area contributed by atoms with Gasteiger partial charge in [-0.25, -0.2) is 4.98 Å². The number of halogens is 1. The molecule has 23 heavy (non-hydrogen) atoms. The van der Waals surface area contributed by atoms with Gasteiger partial charge in [-0.1, -0.05) is 24.4 Å². The highest BCUT2D eigenvalue weighted by atomic mass is 35.5. The van der Waals surface area contributed by atoms with E-state index in [1.807, 2.05) is 13.1 Å². The molecule has 4 nitrogen and oxygen atoms in total. The van der Waals surface area contributed by atoms with Crippen molar-refractivity contribution in [2.45, 2.75) is 32.7 Å². The van der Waals surface area contributed by atoms with E-state index in [9.17, 15) is 0 Å². The van der Waals surface area contributed by atoms with E-state index in [2.05, 4.69) is 38.2 Å². The van der Waals surface area contributed by atoms with Crippen LogP contribution in [0.4, 0.5) is 11.5 Å². The lowest BCUT2D eigenvalue weighted by Gasteiger charge is -2.11. The fourth-order valence-corrected chi connectivity index (χ4v) is 3.21. The first-order valence-electron chi connectivity index (χ1n) is 8.03. The molecule has 0 bridgehead atoms. The van der Waals surface area contributed by atoms with Gasteiger partial charge in [0.2, 0.25) is 0 Å². The quantitative estimate of drug-likeness (QED) is 0.722. The van der Waals surface area contributed by atoms with Crippen molar-refractivity contribution in [3.8, 4) is 0 Å². The maximum absolute atomic E-state index is 6.27. The normalized spacial score (nSPS) is 14.3. The average molecular weight is 327 g/mol. The minimum Gasteiger partial charge on any atom is -0.347 e. The third-order valence-corrected chi connectivity index (χ3v) is 4.79. The molecule has 118 valence electrons. The van der Waals surface area contributed by atoms with Gasteiger partial charge >= 0.3 is 0 Å². The number of anilines is 2. The van der Waals surface area contributed by atoms with Crippen molar-refractivity contribution >= 4 is 34.0 Å². The summed E-state index contributed by atoms with van der Waals surface area (Å²) in [6.45, 7) is 3.06. The van der Waals surface area contributed by atoms with Gasteiger partial charge in [-0.2, -0.15) is 0 Å². The molecule has 1 aliphatic rings. The van der Waals surface area contributed by atoms with Gasteiger partial charge in [0.25, 0.3) is 0 Å². The molecule has 1 N–H and O–H groups in total. The maximum atomic E-state index is 6.27. The minimum atomic E-state index is 0.608. The zero-order valence-corrected chi connectivity index (χ0v) is 13.8. The van der Waals surface area contributed by atoms with E-state index < -0.39 is 0 Å². The van der Waals surface area contributed by atoms with Crippen molar-refractivity contribution in [1.29, 1.82) is 0 Å². The largest absolute Gasteiger partial charge is 0.347 e. The molecule has 0 unspecified atom stereocenters. The highest BCUT2D eigenvalue weighted by Crippen LogP contribution is 2.34. The van der Waals surface area contributed by atoms with Gasteiger partial charge in [0, 0.05) is 36.7 Å². The molecule has 0 aromatic carbocycles. The van der Waals surface area contributed by atoms with Crippen molar-refractivity contribution in [2.75, 3.05) is 5.32 Å². The molecule has 3 heterocycles. The summed E-state index contributed by atoms with van der Waals surface area (Å²) in [5.41, 5.74) is 3.09. The Morgan fingerprint density at radius 3 is 2.96 bits per heavy atom. The Balaban J connectivity index is 1.67. The van der Waals surface area contributed by atoms with E-state index in [-0.39, 0.29) is 0 Å². The number of nitrogens with one attached hydrogen (secondary N) is 1. The van der Waals surface area contributed by atoms with Gasteiger partial charge in [-0.15, -0.1) is 0 Å². The first kappa shape index (κ1) is 14.5.